The fourth-order valence-corrected chi connectivity index (χ4v) is 5.51. The number of aromatic carboxylic acids is 1. The quantitative estimate of drug-likeness (QED) is 0.451. The van der Waals surface area contributed by atoms with Crippen LogP contribution in [0.5, 0.6) is 0 Å². The molecule has 0 bridgehead atoms. The average Bonchev–Trinajstić information content (AvgIpc) is 2.43. The Morgan fingerprint density at radius 3 is 1.77 bits per heavy atom. The van der Waals surface area contributed by atoms with E-state index in [9.17, 15) is 32.6 Å². The third kappa shape index (κ3) is 4.56. The van der Waals surface area contributed by atoms with E-state index in [4.69, 9.17) is 5.11 Å². The lowest BCUT2D eigenvalue weighted by molar-refractivity contribution is 0.0696. The maximum Gasteiger partial charge on any atom is 0.335 e. The van der Waals surface area contributed by atoms with E-state index in [1.807, 2.05) is 0 Å². The summed E-state index contributed by atoms with van der Waals surface area (Å²) in [5.74, 6) is -1.48. The molecule has 4 nitrogen and oxygen atoms in total. The molecule has 0 radical (unpaired) electrons. The molecule has 0 aliphatic rings. The van der Waals surface area contributed by atoms with Crippen molar-refractivity contribution >= 4 is 57.9 Å². The third-order valence-electron chi connectivity index (χ3n) is 3.03. The lowest BCUT2D eigenvalue weighted by Crippen LogP contribution is -2.09. The van der Waals surface area contributed by atoms with Gasteiger partial charge in [0.05, 0.1) is 15.4 Å². The van der Waals surface area contributed by atoms with Crippen molar-refractivity contribution in [2.45, 2.75) is 14.7 Å². The van der Waals surface area contributed by atoms with E-state index >= 15 is 0 Å². The minimum absolute atomic E-state index is 0.0268. The Labute approximate surface area is 160 Å². The van der Waals surface area contributed by atoms with Gasteiger partial charge in [0.25, 0.3) is 0 Å². The molecule has 26 heavy (non-hydrogen) atoms. The molecule has 0 spiro atoms. The van der Waals surface area contributed by atoms with E-state index in [0.29, 0.717) is 12.1 Å². The Balaban J connectivity index is 2.77. The molecule has 2 rings (SSSR count). The Hall–Kier alpha value is -1.18. The number of carboxylic acid groups (broad SMARTS) is 1. The topological polar surface area (TPSA) is 71.4 Å². The monoisotopic (exact) mass is 544 g/mol. The lowest BCUT2D eigenvalue weighted by Gasteiger charge is -2.40. The molecule has 0 amide bonds. The molecule has 0 saturated heterocycles. The molecule has 2 aromatic rings. The highest BCUT2D eigenvalue weighted by Crippen LogP contribution is 3.02. The van der Waals surface area contributed by atoms with Crippen LogP contribution in [0, 0.1) is 0 Å². The summed E-state index contributed by atoms with van der Waals surface area (Å²) in [7, 11) is -14.8. The second-order valence-corrected chi connectivity index (χ2v) is 11.3. The van der Waals surface area contributed by atoms with Crippen LogP contribution >= 0.6 is 42.1 Å². The van der Waals surface area contributed by atoms with Crippen LogP contribution in [0.2, 0.25) is 0 Å². The van der Waals surface area contributed by atoms with Gasteiger partial charge < -0.3 is 5.11 Å². The van der Waals surface area contributed by atoms with E-state index in [0.717, 1.165) is 12.1 Å². The standard InChI is InChI=1S/C13H7Br2F5O4S2/c14-8-1-7(13(21)22)2-10(3-8)25(23,24)11-4-9(15)5-12(6-11)26(16,17,18,19)20/h1-6H,(H,21,22). The Bertz CT molecular complexity index is 1040. The van der Waals surface area contributed by atoms with Crippen molar-refractivity contribution in [2.75, 3.05) is 0 Å². The van der Waals surface area contributed by atoms with E-state index in [1.54, 1.807) is 0 Å². The van der Waals surface area contributed by atoms with Crippen LogP contribution in [0.1, 0.15) is 10.4 Å². The minimum Gasteiger partial charge on any atom is -0.478 e. The van der Waals surface area contributed by atoms with Crippen molar-refractivity contribution in [2.24, 2.45) is 0 Å². The van der Waals surface area contributed by atoms with Crippen molar-refractivity contribution in [1.29, 1.82) is 0 Å². The Morgan fingerprint density at radius 1 is 0.846 bits per heavy atom. The van der Waals surface area contributed by atoms with E-state index < -0.39 is 50.8 Å². The SMILES string of the molecule is O=C(O)c1cc(Br)cc(S(=O)(=O)c2cc(Br)cc(S(F)(F)(F)(F)F)c2)c1. The Morgan fingerprint density at radius 2 is 1.31 bits per heavy atom. The molecule has 0 aliphatic heterocycles. The van der Waals surface area contributed by atoms with Crippen molar-refractivity contribution in [3.63, 3.8) is 0 Å². The number of sulfone groups is 1. The van der Waals surface area contributed by atoms with Gasteiger partial charge in [0.2, 0.25) is 9.84 Å². The van der Waals surface area contributed by atoms with Crippen LogP contribution < -0.4 is 0 Å². The maximum atomic E-state index is 13.0. The molecule has 2 aromatic carbocycles. The summed E-state index contributed by atoms with van der Waals surface area (Å²) in [5.41, 5.74) is -0.458. The first-order valence-electron chi connectivity index (χ1n) is 6.24. The highest BCUT2D eigenvalue weighted by molar-refractivity contribution is 9.10. The van der Waals surface area contributed by atoms with Crippen LogP contribution in [0.25, 0.3) is 0 Å². The zero-order valence-corrected chi connectivity index (χ0v) is 16.9. The molecule has 13 heteroatoms. The van der Waals surface area contributed by atoms with Crippen LogP contribution in [0.15, 0.2) is 60.0 Å². The molecule has 0 aliphatic carbocycles. The largest absolute Gasteiger partial charge is 0.478 e. The van der Waals surface area contributed by atoms with Crippen molar-refractivity contribution in [3.8, 4) is 0 Å². The molecular formula is C13H7Br2F5O4S2. The molecule has 0 heterocycles. The highest BCUT2D eigenvalue weighted by atomic mass is 79.9. The molecule has 1 N–H and O–H groups in total. The van der Waals surface area contributed by atoms with Crippen LogP contribution in [0.4, 0.5) is 19.4 Å². The molecule has 0 fully saturated rings. The van der Waals surface area contributed by atoms with Gasteiger partial charge in [0.15, 0.2) is 0 Å². The zero-order chi connectivity index (χ0) is 20.2. The van der Waals surface area contributed by atoms with Gasteiger partial charge in [0, 0.05) is 8.95 Å². The van der Waals surface area contributed by atoms with Crippen molar-refractivity contribution in [3.05, 3.63) is 50.9 Å². The molecule has 144 valence electrons. The number of halogens is 7. The van der Waals surface area contributed by atoms with Crippen LogP contribution in [-0.2, 0) is 9.84 Å². The smallest absolute Gasteiger partial charge is 0.335 e. The second-order valence-electron chi connectivity index (χ2n) is 5.08. The van der Waals surface area contributed by atoms with Gasteiger partial charge in [-0.3, -0.25) is 0 Å². The van der Waals surface area contributed by atoms with Gasteiger partial charge in [-0.15, -0.1) is 0 Å². The molecular weight excluding hydrogens is 539 g/mol. The van der Waals surface area contributed by atoms with Gasteiger partial charge in [-0.1, -0.05) is 51.3 Å². The van der Waals surface area contributed by atoms with Crippen LogP contribution in [0.3, 0.4) is 0 Å². The summed E-state index contributed by atoms with van der Waals surface area (Å²) < 4.78 is 89.8. The molecule has 0 unspecified atom stereocenters. The Kier molecular flexibility index (Phi) is 4.60. The fraction of sp³-hybridized carbons (Fsp3) is 0. The van der Waals surface area contributed by atoms with Gasteiger partial charge in [-0.05, 0) is 36.4 Å². The summed E-state index contributed by atoms with van der Waals surface area (Å²) in [6.07, 6.45) is 0. The lowest BCUT2D eigenvalue weighted by atomic mass is 10.2. The molecule has 0 aromatic heterocycles. The average molecular weight is 546 g/mol. The second kappa shape index (κ2) is 5.66. The molecule has 0 saturated carbocycles. The predicted molar refractivity (Wildman–Crippen MR) is 92.1 cm³/mol. The number of rotatable bonds is 4. The maximum absolute atomic E-state index is 13.0. The van der Waals surface area contributed by atoms with Gasteiger partial charge in [-0.2, -0.15) is 0 Å². The number of carbonyl (C=O) groups is 1. The number of hydrogen-bond acceptors (Lipinski definition) is 3. The van der Waals surface area contributed by atoms with Crippen molar-refractivity contribution < 1.29 is 37.7 Å². The summed E-state index contributed by atoms with van der Waals surface area (Å²) >= 11 is 5.48. The minimum atomic E-state index is -10.1. The van der Waals surface area contributed by atoms with Gasteiger partial charge >= 0.3 is 16.2 Å². The van der Waals surface area contributed by atoms with Gasteiger partial charge in [0.1, 0.15) is 4.90 Å². The predicted octanol–water partition coefficient (Wildman–Crippen LogP) is 6.40. The van der Waals surface area contributed by atoms with Gasteiger partial charge in [-0.25, -0.2) is 13.2 Å². The fourth-order valence-electron chi connectivity index (χ4n) is 1.89. The first-order chi connectivity index (χ1) is 11.4. The summed E-state index contributed by atoms with van der Waals surface area (Å²) in [6, 6.07) is 3.34. The van der Waals surface area contributed by atoms with Crippen molar-refractivity contribution in [1.82, 2.24) is 0 Å². The summed E-state index contributed by atoms with van der Waals surface area (Å²) in [5, 5.41) is 8.97. The number of hydrogen-bond donors (Lipinski definition) is 1. The zero-order valence-electron chi connectivity index (χ0n) is 12.1. The number of benzene rings is 2. The van der Waals surface area contributed by atoms with E-state index in [-0.39, 0.29) is 16.6 Å². The first kappa shape index (κ1) is 21.1. The third-order valence-corrected chi connectivity index (χ3v) is 6.78. The van der Waals surface area contributed by atoms with E-state index in [2.05, 4.69) is 31.9 Å². The number of carboxylic acids is 1. The summed E-state index contributed by atoms with van der Waals surface area (Å²) in [6.45, 7) is 0. The summed E-state index contributed by atoms with van der Waals surface area (Å²) in [4.78, 5) is 6.91. The van der Waals surface area contributed by atoms with Crippen LogP contribution in [-0.4, -0.2) is 19.5 Å². The highest BCUT2D eigenvalue weighted by Gasteiger charge is 2.65. The first-order valence-corrected chi connectivity index (χ1v) is 11.3. The van der Waals surface area contributed by atoms with E-state index in [1.165, 1.54) is 0 Å². The molecule has 0 atom stereocenters. The normalized spacial score (nSPS) is 15.2.